The van der Waals surface area contributed by atoms with Gasteiger partial charge in [-0.05, 0) is 48.5 Å². The number of benzene rings is 2. The molecule has 0 radical (unpaired) electrons. The van der Waals surface area contributed by atoms with E-state index in [1.165, 1.54) is 49.6 Å². The van der Waals surface area contributed by atoms with Gasteiger partial charge in [0.05, 0.1) is 17.7 Å². The molecule has 30 heavy (non-hydrogen) atoms. The third-order valence-corrected chi connectivity index (χ3v) is 8.25. The molecule has 0 unspecified atom stereocenters. The molecule has 0 atom stereocenters. The van der Waals surface area contributed by atoms with E-state index in [1.807, 2.05) is 0 Å². The van der Waals surface area contributed by atoms with E-state index >= 15 is 0 Å². The zero-order valence-corrected chi connectivity index (χ0v) is 17.3. The molecule has 8 nitrogen and oxygen atoms in total. The lowest BCUT2D eigenvalue weighted by atomic mass is 10.3. The molecule has 3 aromatic rings. The van der Waals surface area contributed by atoms with Crippen molar-refractivity contribution in [2.75, 3.05) is 5.32 Å². The topological polar surface area (TPSA) is 114 Å². The molecule has 0 bridgehead atoms. The van der Waals surface area contributed by atoms with Crippen molar-refractivity contribution in [3.8, 4) is 0 Å². The highest BCUT2D eigenvalue weighted by atomic mass is 32.3. The van der Waals surface area contributed by atoms with E-state index in [1.54, 1.807) is 0 Å². The van der Waals surface area contributed by atoms with Crippen LogP contribution in [0.25, 0.3) is 0 Å². The van der Waals surface area contributed by atoms with E-state index in [4.69, 9.17) is 4.42 Å². The van der Waals surface area contributed by atoms with Crippen LogP contribution in [0.5, 0.6) is 0 Å². The molecule has 0 fully saturated rings. The van der Waals surface area contributed by atoms with E-state index in [2.05, 4.69) is 5.32 Å². The zero-order valence-electron chi connectivity index (χ0n) is 15.6. The number of hydrogen-bond donors (Lipinski definition) is 1. The van der Waals surface area contributed by atoms with Crippen LogP contribution in [0, 0.1) is 5.82 Å². The Morgan fingerprint density at radius 3 is 2.20 bits per heavy atom. The fourth-order valence-corrected chi connectivity index (χ4v) is 6.25. The van der Waals surface area contributed by atoms with Gasteiger partial charge < -0.3 is 9.73 Å². The molecule has 0 aliphatic rings. The van der Waals surface area contributed by atoms with Crippen molar-refractivity contribution in [1.29, 1.82) is 0 Å². The van der Waals surface area contributed by atoms with Gasteiger partial charge in [-0.25, -0.2) is 21.2 Å². The highest BCUT2D eigenvalue weighted by Gasteiger charge is 2.38. The number of sulfonamides is 2. The van der Waals surface area contributed by atoms with Gasteiger partial charge in [0.25, 0.3) is 20.0 Å². The lowest BCUT2D eigenvalue weighted by Crippen LogP contribution is -2.36. The second-order valence-electron chi connectivity index (χ2n) is 6.16. The molecule has 1 N–H and O–H groups in total. The Morgan fingerprint density at radius 1 is 0.967 bits per heavy atom. The Kier molecular flexibility index (Phi) is 6.06. The minimum absolute atomic E-state index is 0.0494. The molecule has 0 spiro atoms. The van der Waals surface area contributed by atoms with E-state index < -0.39 is 37.3 Å². The van der Waals surface area contributed by atoms with Gasteiger partial charge in [-0.3, -0.25) is 4.79 Å². The predicted octanol–water partition coefficient (Wildman–Crippen LogP) is 2.96. The van der Waals surface area contributed by atoms with Crippen LogP contribution in [0.4, 0.5) is 10.1 Å². The molecule has 11 heteroatoms. The number of halogens is 1. The second kappa shape index (κ2) is 8.38. The summed E-state index contributed by atoms with van der Waals surface area (Å²) in [7, 11) is -9.44. The molecule has 3 rings (SSSR count). The first-order valence-electron chi connectivity index (χ1n) is 8.55. The van der Waals surface area contributed by atoms with Gasteiger partial charge in [0.1, 0.15) is 16.5 Å². The van der Waals surface area contributed by atoms with Crippen molar-refractivity contribution in [1.82, 2.24) is 3.71 Å². The number of anilines is 1. The number of carbonyl (C=O) groups is 1. The maximum absolute atomic E-state index is 14.2. The van der Waals surface area contributed by atoms with Crippen LogP contribution in [-0.2, 0) is 31.4 Å². The monoisotopic (exact) mass is 452 g/mol. The number of furan rings is 1. The van der Waals surface area contributed by atoms with Gasteiger partial charge in [0, 0.05) is 12.6 Å². The van der Waals surface area contributed by atoms with E-state index in [0.29, 0.717) is 5.69 Å². The molecule has 0 saturated heterocycles. The first-order valence-corrected chi connectivity index (χ1v) is 11.4. The Bertz CT molecular complexity index is 1250. The Morgan fingerprint density at radius 2 is 1.63 bits per heavy atom. The molecule has 0 saturated carbocycles. The molecule has 1 aromatic heterocycles. The van der Waals surface area contributed by atoms with Crippen LogP contribution in [-0.4, -0.2) is 26.5 Å². The largest absolute Gasteiger partial charge is 0.468 e. The highest BCUT2D eigenvalue weighted by molar-refractivity contribution is 8.04. The molecule has 158 valence electrons. The average Bonchev–Trinajstić information content (AvgIpc) is 3.19. The van der Waals surface area contributed by atoms with Crippen molar-refractivity contribution >= 4 is 31.6 Å². The van der Waals surface area contributed by atoms with Crippen molar-refractivity contribution in [3.05, 3.63) is 78.5 Å². The zero-order chi connectivity index (χ0) is 21.9. The van der Waals surface area contributed by atoms with E-state index in [-0.39, 0.29) is 20.3 Å². The minimum Gasteiger partial charge on any atom is -0.468 e. The lowest BCUT2D eigenvalue weighted by molar-refractivity contribution is -0.114. The second-order valence-corrected chi connectivity index (χ2v) is 10.1. The number of nitrogens with one attached hydrogen (secondary N) is 1. The summed E-state index contributed by atoms with van der Waals surface area (Å²) in [6.07, 6.45) is 1.26. The fourth-order valence-electron chi connectivity index (χ4n) is 2.62. The summed E-state index contributed by atoms with van der Waals surface area (Å²) in [4.78, 5) is 10.00. The third-order valence-electron chi connectivity index (χ3n) is 3.99. The molecular formula is C19H17FN2O6S2. The normalized spacial score (nSPS) is 12.1. The summed E-state index contributed by atoms with van der Waals surface area (Å²) in [5.41, 5.74) is 0.330. The summed E-state index contributed by atoms with van der Waals surface area (Å²) < 4.78 is 72.2. The molecule has 2 aromatic carbocycles. The van der Waals surface area contributed by atoms with Gasteiger partial charge in [-0.2, -0.15) is 0 Å². The van der Waals surface area contributed by atoms with Crippen LogP contribution in [0.15, 0.2) is 81.1 Å². The highest BCUT2D eigenvalue weighted by Crippen LogP contribution is 2.28. The SMILES string of the molecule is CC(=O)Nc1ccc(S(=O)(=O)N(Cc2ccco2)S(=O)(=O)c2ccccc2F)cc1. The van der Waals surface area contributed by atoms with Gasteiger partial charge in [0.15, 0.2) is 0 Å². The summed E-state index contributed by atoms with van der Waals surface area (Å²) in [6, 6.07) is 12.3. The Hall–Kier alpha value is -3.02. The molecule has 1 heterocycles. The summed E-state index contributed by atoms with van der Waals surface area (Å²) in [5, 5.41) is 2.48. The number of hydrogen-bond acceptors (Lipinski definition) is 6. The number of amides is 1. The van der Waals surface area contributed by atoms with Crippen LogP contribution >= 0.6 is 0 Å². The maximum Gasteiger partial charge on any atom is 0.259 e. The number of nitrogens with zero attached hydrogens (tertiary/aromatic N) is 1. The third kappa shape index (κ3) is 4.42. The van der Waals surface area contributed by atoms with E-state index in [9.17, 15) is 26.0 Å². The molecule has 0 aliphatic heterocycles. The van der Waals surface area contributed by atoms with Crippen LogP contribution < -0.4 is 5.32 Å². The lowest BCUT2D eigenvalue weighted by Gasteiger charge is -2.21. The standard InChI is InChI=1S/C19H17FN2O6S2/c1-14(23)21-15-8-10-17(11-9-15)29(24,25)22(13-16-5-4-12-28-16)30(26,27)19-7-3-2-6-18(19)20/h2-12H,13H2,1H3,(H,21,23). The van der Waals surface area contributed by atoms with Gasteiger partial charge in [0.2, 0.25) is 5.91 Å². The Balaban J connectivity index is 2.10. The van der Waals surface area contributed by atoms with Crippen LogP contribution in [0.3, 0.4) is 0 Å². The van der Waals surface area contributed by atoms with Gasteiger partial charge in [-0.1, -0.05) is 15.8 Å². The van der Waals surface area contributed by atoms with E-state index in [0.717, 1.165) is 24.3 Å². The predicted molar refractivity (Wildman–Crippen MR) is 106 cm³/mol. The van der Waals surface area contributed by atoms with Crippen molar-refractivity contribution in [2.45, 2.75) is 23.3 Å². The van der Waals surface area contributed by atoms with Crippen LogP contribution in [0.2, 0.25) is 0 Å². The fraction of sp³-hybridized carbons (Fsp3) is 0.105. The van der Waals surface area contributed by atoms with Gasteiger partial charge >= 0.3 is 0 Å². The van der Waals surface area contributed by atoms with Crippen molar-refractivity contribution < 1.29 is 30.4 Å². The Labute approximate surface area is 173 Å². The molecule has 0 aliphatic carbocycles. The smallest absolute Gasteiger partial charge is 0.259 e. The average molecular weight is 452 g/mol. The van der Waals surface area contributed by atoms with Crippen molar-refractivity contribution in [3.63, 3.8) is 0 Å². The maximum atomic E-state index is 14.2. The van der Waals surface area contributed by atoms with Crippen LogP contribution in [0.1, 0.15) is 12.7 Å². The quantitative estimate of drug-likeness (QED) is 0.590. The first-order chi connectivity index (χ1) is 14.1. The van der Waals surface area contributed by atoms with Crippen molar-refractivity contribution in [2.24, 2.45) is 0 Å². The first kappa shape index (κ1) is 21.7. The minimum atomic E-state index is -4.80. The summed E-state index contributed by atoms with van der Waals surface area (Å²) in [6.45, 7) is 0.621. The summed E-state index contributed by atoms with van der Waals surface area (Å²) in [5.74, 6) is -1.39. The summed E-state index contributed by atoms with van der Waals surface area (Å²) >= 11 is 0. The molecule has 1 amide bonds. The van der Waals surface area contributed by atoms with Gasteiger partial charge in [-0.15, -0.1) is 0 Å². The number of rotatable bonds is 7. The molecular weight excluding hydrogens is 435 g/mol. The number of carbonyl (C=O) groups excluding carboxylic acids is 1.